The number of rotatable bonds is 5. The Morgan fingerprint density at radius 3 is 2.19 bits per heavy atom. The molecule has 0 aliphatic carbocycles. The SMILES string of the molecule is O=C(C1CCCN(S(=O)(=O)c2cccs2)C1)N1CCN(S(=O)(=O)c2ccccc2)CC1. The van der Waals surface area contributed by atoms with E-state index in [9.17, 15) is 21.6 Å². The molecule has 0 saturated carbocycles. The van der Waals surface area contributed by atoms with Gasteiger partial charge in [0.05, 0.1) is 10.8 Å². The van der Waals surface area contributed by atoms with Crippen molar-refractivity contribution >= 4 is 37.3 Å². The first kappa shape index (κ1) is 22.4. The van der Waals surface area contributed by atoms with Gasteiger partial charge in [0.15, 0.2) is 0 Å². The van der Waals surface area contributed by atoms with E-state index in [1.54, 1.807) is 52.7 Å². The number of carbonyl (C=O) groups excluding carboxylic acids is 1. The highest BCUT2D eigenvalue weighted by Crippen LogP contribution is 2.28. The molecule has 1 aromatic heterocycles. The van der Waals surface area contributed by atoms with Crippen molar-refractivity contribution in [1.29, 1.82) is 0 Å². The molecular formula is C20H25N3O5S3. The number of hydrogen-bond donors (Lipinski definition) is 0. The molecule has 0 radical (unpaired) electrons. The molecule has 1 aromatic carbocycles. The molecule has 0 spiro atoms. The molecule has 2 aromatic rings. The highest BCUT2D eigenvalue weighted by molar-refractivity contribution is 7.91. The zero-order valence-corrected chi connectivity index (χ0v) is 19.4. The quantitative estimate of drug-likeness (QED) is 0.645. The van der Waals surface area contributed by atoms with Gasteiger partial charge in [-0.05, 0) is 36.4 Å². The van der Waals surface area contributed by atoms with Gasteiger partial charge >= 0.3 is 0 Å². The van der Waals surface area contributed by atoms with E-state index in [0.717, 1.165) is 0 Å². The van der Waals surface area contributed by atoms with Crippen LogP contribution in [0.4, 0.5) is 0 Å². The molecule has 2 aliphatic heterocycles. The third kappa shape index (κ3) is 4.56. The topological polar surface area (TPSA) is 95.1 Å². The summed E-state index contributed by atoms with van der Waals surface area (Å²) in [6.45, 7) is 1.65. The summed E-state index contributed by atoms with van der Waals surface area (Å²) in [4.78, 5) is 15.0. The lowest BCUT2D eigenvalue weighted by Gasteiger charge is -2.38. The van der Waals surface area contributed by atoms with Crippen LogP contribution in [-0.4, -0.2) is 75.5 Å². The predicted octanol–water partition coefficient (Wildman–Crippen LogP) is 1.68. The molecule has 1 amide bonds. The van der Waals surface area contributed by atoms with E-state index in [-0.39, 0.29) is 30.4 Å². The molecule has 3 heterocycles. The van der Waals surface area contributed by atoms with Gasteiger partial charge in [0.25, 0.3) is 10.0 Å². The molecule has 31 heavy (non-hydrogen) atoms. The van der Waals surface area contributed by atoms with Crippen molar-refractivity contribution in [1.82, 2.24) is 13.5 Å². The average molecular weight is 484 g/mol. The van der Waals surface area contributed by atoms with Gasteiger partial charge < -0.3 is 4.90 Å². The first-order valence-electron chi connectivity index (χ1n) is 10.2. The normalized spacial score (nSPS) is 21.8. The van der Waals surface area contributed by atoms with E-state index in [1.165, 1.54) is 19.9 Å². The summed E-state index contributed by atoms with van der Waals surface area (Å²) < 4.78 is 54.3. The van der Waals surface area contributed by atoms with Crippen molar-refractivity contribution in [3.05, 3.63) is 47.8 Å². The van der Waals surface area contributed by atoms with Crippen LogP contribution in [-0.2, 0) is 24.8 Å². The average Bonchev–Trinajstić information content (AvgIpc) is 3.35. The Morgan fingerprint density at radius 2 is 1.55 bits per heavy atom. The Hall–Kier alpha value is -1.79. The fraction of sp³-hybridized carbons (Fsp3) is 0.450. The van der Waals surface area contributed by atoms with Crippen LogP contribution in [0.1, 0.15) is 12.8 Å². The number of piperidine rings is 1. The van der Waals surface area contributed by atoms with Crippen LogP contribution < -0.4 is 0 Å². The van der Waals surface area contributed by atoms with Crippen LogP contribution in [0.3, 0.4) is 0 Å². The van der Waals surface area contributed by atoms with Gasteiger partial charge in [-0.2, -0.15) is 8.61 Å². The number of hydrogen-bond acceptors (Lipinski definition) is 6. The monoisotopic (exact) mass is 483 g/mol. The first-order valence-corrected chi connectivity index (χ1v) is 13.9. The summed E-state index contributed by atoms with van der Waals surface area (Å²) in [5.74, 6) is -0.497. The van der Waals surface area contributed by atoms with Crippen LogP contribution in [0.2, 0.25) is 0 Å². The summed E-state index contributed by atoms with van der Waals surface area (Å²) in [5.41, 5.74) is 0. The van der Waals surface area contributed by atoms with E-state index < -0.39 is 26.0 Å². The van der Waals surface area contributed by atoms with Gasteiger partial charge in [-0.1, -0.05) is 24.3 Å². The standard InChI is InChI=1S/C20H25N3O5S3/c24-20(17-6-4-10-23(16-17)31(27,28)19-9-5-15-29-19)21-11-13-22(14-12-21)30(25,26)18-7-2-1-3-8-18/h1-3,5,7-9,15,17H,4,6,10-14,16H2. The minimum atomic E-state index is -3.58. The van der Waals surface area contributed by atoms with E-state index in [1.807, 2.05) is 0 Å². The lowest BCUT2D eigenvalue weighted by molar-refractivity contribution is -0.137. The minimum Gasteiger partial charge on any atom is -0.340 e. The maximum absolute atomic E-state index is 13.1. The maximum Gasteiger partial charge on any atom is 0.252 e. The van der Waals surface area contributed by atoms with E-state index in [0.29, 0.717) is 36.7 Å². The van der Waals surface area contributed by atoms with E-state index in [4.69, 9.17) is 0 Å². The van der Waals surface area contributed by atoms with Crippen molar-refractivity contribution < 1.29 is 21.6 Å². The second-order valence-electron chi connectivity index (χ2n) is 7.68. The minimum absolute atomic E-state index is 0.0946. The largest absolute Gasteiger partial charge is 0.340 e. The Kier molecular flexibility index (Phi) is 6.50. The zero-order chi connectivity index (χ0) is 22.1. The number of thiophene rings is 1. The third-order valence-corrected chi connectivity index (χ3v) is 10.9. The second kappa shape index (κ2) is 8.99. The van der Waals surface area contributed by atoms with Gasteiger partial charge in [0.2, 0.25) is 15.9 Å². The number of carbonyl (C=O) groups is 1. The van der Waals surface area contributed by atoms with Gasteiger partial charge in [0, 0.05) is 39.3 Å². The van der Waals surface area contributed by atoms with Crippen LogP contribution in [0, 0.1) is 5.92 Å². The maximum atomic E-state index is 13.1. The predicted molar refractivity (Wildman–Crippen MR) is 118 cm³/mol. The molecule has 8 nitrogen and oxygen atoms in total. The molecule has 2 fully saturated rings. The molecule has 2 aliphatic rings. The molecule has 0 N–H and O–H groups in total. The number of sulfonamides is 2. The fourth-order valence-corrected chi connectivity index (χ4v) is 8.16. The fourth-order valence-electron chi connectivity index (χ4n) is 4.05. The van der Waals surface area contributed by atoms with Crippen molar-refractivity contribution in [3.63, 3.8) is 0 Å². The molecule has 0 bridgehead atoms. The molecule has 1 unspecified atom stereocenters. The van der Waals surface area contributed by atoms with Crippen LogP contribution >= 0.6 is 11.3 Å². The Balaban J connectivity index is 1.39. The van der Waals surface area contributed by atoms with Gasteiger partial charge in [0.1, 0.15) is 4.21 Å². The van der Waals surface area contributed by atoms with Gasteiger partial charge in [-0.15, -0.1) is 11.3 Å². The lowest BCUT2D eigenvalue weighted by Crippen LogP contribution is -2.54. The highest BCUT2D eigenvalue weighted by Gasteiger charge is 2.37. The van der Waals surface area contributed by atoms with E-state index >= 15 is 0 Å². The second-order valence-corrected chi connectivity index (χ2v) is 12.7. The Labute approximate surface area is 187 Å². The molecular weight excluding hydrogens is 458 g/mol. The summed E-state index contributed by atoms with van der Waals surface area (Å²) in [5, 5.41) is 1.72. The molecule has 168 valence electrons. The number of piperazine rings is 1. The Bertz CT molecular complexity index is 1110. The molecule has 1 atom stereocenters. The van der Waals surface area contributed by atoms with Crippen molar-refractivity contribution in [2.75, 3.05) is 39.3 Å². The third-order valence-electron chi connectivity index (χ3n) is 5.75. The molecule has 11 heteroatoms. The van der Waals surface area contributed by atoms with Crippen molar-refractivity contribution in [2.45, 2.75) is 21.9 Å². The van der Waals surface area contributed by atoms with Crippen molar-refractivity contribution in [3.8, 4) is 0 Å². The van der Waals surface area contributed by atoms with Gasteiger partial charge in [-0.3, -0.25) is 4.79 Å². The summed E-state index contributed by atoms with van der Waals surface area (Å²) in [7, 11) is -7.16. The smallest absolute Gasteiger partial charge is 0.252 e. The molecule has 4 rings (SSSR count). The van der Waals surface area contributed by atoms with Crippen molar-refractivity contribution in [2.24, 2.45) is 5.92 Å². The van der Waals surface area contributed by atoms with E-state index in [2.05, 4.69) is 0 Å². The van der Waals surface area contributed by atoms with Crippen LogP contribution in [0.5, 0.6) is 0 Å². The summed E-state index contributed by atoms with van der Waals surface area (Å²) in [6.07, 6.45) is 1.27. The highest BCUT2D eigenvalue weighted by atomic mass is 32.2. The number of amides is 1. The van der Waals surface area contributed by atoms with Crippen LogP contribution in [0.15, 0.2) is 56.9 Å². The first-order chi connectivity index (χ1) is 14.8. The zero-order valence-electron chi connectivity index (χ0n) is 17.0. The summed E-state index contributed by atoms with van der Waals surface area (Å²) >= 11 is 1.17. The lowest BCUT2D eigenvalue weighted by atomic mass is 9.98. The molecule has 2 saturated heterocycles. The summed E-state index contributed by atoms with van der Waals surface area (Å²) in [6, 6.07) is 11.6. The number of nitrogens with zero attached hydrogens (tertiary/aromatic N) is 3. The van der Waals surface area contributed by atoms with Gasteiger partial charge in [-0.25, -0.2) is 16.8 Å². The Morgan fingerprint density at radius 1 is 0.839 bits per heavy atom. The van der Waals surface area contributed by atoms with Crippen LogP contribution in [0.25, 0.3) is 0 Å². The number of benzene rings is 1.